The normalized spacial score (nSPS) is 24.0. The summed E-state index contributed by atoms with van der Waals surface area (Å²) in [5, 5.41) is 32.7. The van der Waals surface area contributed by atoms with Gasteiger partial charge < -0.3 is 45.5 Å². The zero-order valence-corrected chi connectivity index (χ0v) is 16.4. The first-order valence-corrected chi connectivity index (χ1v) is 9.29. The van der Waals surface area contributed by atoms with Gasteiger partial charge in [0.1, 0.15) is 18.7 Å². The lowest BCUT2D eigenvalue weighted by atomic mass is 10.1. The van der Waals surface area contributed by atoms with Crippen LogP contribution in [0.5, 0.6) is 0 Å². The third-order valence-electron chi connectivity index (χ3n) is 3.92. The van der Waals surface area contributed by atoms with Crippen LogP contribution in [-0.4, -0.2) is 89.9 Å². The van der Waals surface area contributed by atoms with Crippen molar-refractivity contribution in [1.82, 2.24) is 31.4 Å². The van der Waals surface area contributed by atoms with Crippen molar-refractivity contribution in [2.75, 3.05) is 39.6 Å². The molecule has 168 valence electrons. The molecular formula is C16H26N6O8. The Hall–Kier alpha value is -2.81. The first-order valence-electron chi connectivity index (χ1n) is 9.29. The highest BCUT2D eigenvalue weighted by atomic mass is 16.5. The van der Waals surface area contributed by atoms with E-state index in [0.29, 0.717) is 0 Å². The van der Waals surface area contributed by atoms with E-state index in [2.05, 4.69) is 31.4 Å². The average Bonchev–Trinajstić information content (AvgIpc) is 3.18. The van der Waals surface area contributed by atoms with Gasteiger partial charge in [0.25, 0.3) is 0 Å². The molecule has 1 aromatic rings. The van der Waals surface area contributed by atoms with E-state index < -0.39 is 42.6 Å². The Kier molecular flexibility index (Phi) is 9.40. The van der Waals surface area contributed by atoms with Gasteiger partial charge in [-0.25, -0.2) is 4.79 Å². The van der Waals surface area contributed by atoms with Gasteiger partial charge in [-0.15, -0.1) is 0 Å². The van der Waals surface area contributed by atoms with Gasteiger partial charge in [0.15, 0.2) is 5.82 Å². The number of ether oxygens (including phenoxy) is 2. The van der Waals surface area contributed by atoms with Crippen molar-refractivity contribution >= 4 is 17.8 Å². The third-order valence-corrected chi connectivity index (χ3v) is 3.92. The molecule has 0 aliphatic carbocycles. The van der Waals surface area contributed by atoms with Crippen molar-refractivity contribution < 1.29 is 38.6 Å². The van der Waals surface area contributed by atoms with Gasteiger partial charge in [0.05, 0.1) is 39.1 Å². The Morgan fingerprint density at radius 3 is 2.63 bits per heavy atom. The number of urea groups is 1. The molecule has 0 aromatic carbocycles. The van der Waals surface area contributed by atoms with Gasteiger partial charge in [-0.1, -0.05) is 5.16 Å². The Balaban J connectivity index is 2.06. The standard InChI is InChI=1S/C16H26N6O8/c1-9(24)13-15(26)17-2-3-28-4-5-29-8-11(25)19-10(7-23)14-20-12(30-22-14)6-18-16(27)21-13/h9-10,13,23-24H,2-8H2,1H3,(H,17,26)(H,19,25)(H2,18,21,27)/t9?,10-,13-/m0/s1. The average molecular weight is 430 g/mol. The molecule has 6 N–H and O–H groups in total. The van der Waals surface area contributed by atoms with Crippen molar-refractivity contribution in [3.63, 3.8) is 0 Å². The summed E-state index contributed by atoms with van der Waals surface area (Å²) in [5.41, 5.74) is 0. The number of rotatable bonds is 2. The molecule has 14 heteroatoms. The third kappa shape index (κ3) is 7.55. The molecule has 0 saturated heterocycles. The Morgan fingerprint density at radius 2 is 1.90 bits per heavy atom. The van der Waals surface area contributed by atoms with E-state index in [4.69, 9.17) is 14.0 Å². The lowest BCUT2D eigenvalue weighted by Crippen LogP contribution is -2.55. The molecule has 30 heavy (non-hydrogen) atoms. The van der Waals surface area contributed by atoms with E-state index in [0.717, 1.165) is 0 Å². The number of aromatic nitrogens is 2. The fourth-order valence-corrected chi connectivity index (χ4v) is 2.40. The zero-order valence-electron chi connectivity index (χ0n) is 16.4. The number of fused-ring (bicyclic) bond motifs is 2. The van der Waals surface area contributed by atoms with Crippen LogP contribution in [0.3, 0.4) is 0 Å². The van der Waals surface area contributed by atoms with Crippen molar-refractivity contribution in [2.45, 2.75) is 31.7 Å². The molecule has 14 nitrogen and oxygen atoms in total. The number of hydrogen-bond acceptors (Lipinski definition) is 10. The number of nitrogens with zero attached hydrogens (tertiary/aromatic N) is 2. The van der Waals surface area contributed by atoms with Crippen molar-refractivity contribution in [3.8, 4) is 0 Å². The van der Waals surface area contributed by atoms with E-state index in [1.807, 2.05) is 0 Å². The number of aliphatic hydroxyl groups excluding tert-OH is 2. The molecule has 1 unspecified atom stereocenters. The van der Waals surface area contributed by atoms with Crippen LogP contribution in [0.2, 0.25) is 0 Å². The molecular weight excluding hydrogens is 404 g/mol. The molecule has 2 bridgehead atoms. The molecule has 1 aliphatic heterocycles. The lowest BCUT2D eigenvalue weighted by Gasteiger charge is -2.21. The van der Waals surface area contributed by atoms with Crippen molar-refractivity contribution in [1.29, 1.82) is 0 Å². The fraction of sp³-hybridized carbons (Fsp3) is 0.688. The van der Waals surface area contributed by atoms with Crippen LogP contribution in [0, 0.1) is 0 Å². The van der Waals surface area contributed by atoms with E-state index in [9.17, 15) is 24.6 Å². The molecule has 3 atom stereocenters. The first kappa shape index (κ1) is 23.5. The number of nitrogens with one attached hydrogen (secondary N) is 4. The predicted octanol–water partition coefficient (Wildman–Crippen LogP) is -3.07. The number of hydrogen-bond donors (Lipinski definition) is 6. The highest BCUT2D eigenvalue weighted by molar-refractivity contribution is 5.87. The number of amides is 4. The summed E-state index contributed by atoms with van der Waals surface area (Å²) in [7, 11) is 0. The molecule has 2 rings (SSSR count). The summed E-state index contributed by atoms with van der Waals surface area (Å²) in [6.45, 7) is 1.07. The molecule has 0 saturated carbocycles. The summed E-state index contributed by atoms with van der Waals surface area (Å²) in [5.74, 6) is -1.06. The van der Waals surface area contributed by atoms with E-state index in [1.165, 1.54) is 6.92 Å². The second-order valence-electron chi connectivity index (χ2n) is 6.35. The van der Waals surface area contributed by atoms with Crippen LogP contribution in [0.4, 0.5) is 4.79 Å². The van der Waals surface area contributed by atoms with E-state index >= 15 is 0 Å². The lowest BCUT2D eigenvalue weighted by molar-refractivity contribution is -0.128. The molecule has 2 heterocycles. The van der Waals surface area contributed by atoms with Gasteiger partial charge in [-0.2, -0.15) is 4.98 Å². The predicted molar refractivity (Wildman–Crippen MR) is 97.8 cm³/mol. The monoisotopic (exact) mass is 430 g/mol. The van der Waals surface area contributed by atoms with Crippen molar-refractivity contribution in [3.05, 3.63) is 11.7 Å². The van der Waals surface area contributed by atoms with Crippen LogP contribution in [-0.2, 0) is 25.6 Å². The van der Waals surface area contributed by atoms with Crippen LogP contribution in [0.25, 0.3) is 0 Å². The topological polar surface area (TPSA) is 197 Å². The van der Waals surface area contributed by atoms with Crippen molar-refractivity contribution in [2.24, 2.45) is 0 Å². The molecule has 4 amide bonds. The summed E-state index contributed by atoms with van der Waals surface area (Å²) >= 11 is 0. The van der Waals surface area contributed by atoms with Crippen LogP contribution in [0.15, 0.2) is 4.52 Å². The van der Waals surface area contributed by atoms with E-state index in [-0.39, 0.29) is 51.2 Å². The van der Waals surface area contributed by atoms with Gasteiger partial charge in [0, 0.05) is 6.54 Å². The largest absolute Gasteiger partial charge is 0.394 e. The summed E-state index contributed by atoms with van der Waals surface area (Å²) in [6, 6.07) is -2.85. The Bertz CT molecular complexity index is 712. The summed E-state index contributed by atoms with van der Waals surface area (Å²) in [6.07, 6.45) is -1.15. The molecule has 0 spiro atoms. The number of carbonyl (C=O) groups excluding carboxylic acids is 3. The maximum atomic E-state index is 12.2. The quantitative estimate of drug-likeness (QED) is 0.280. The summed E-state index contributed by atoms with van der Waals surface area (Å²) in [4.78, 5) is 40.2. The molecule has 0 radical (unpaired) electrons. The second-order valence-corrected chi connectivity index (χ2v) is 6.35. The minimum absolute atomic E-state index is 0.00806. The minimum Gasteiger partial charge on any atom is -0.394 e. The smallest absolute Gasteiger partial charge is 0.315 e. The fourth-order valence-electron chi connectivity index (χ4n) is 2.40. The molecule has 0 fully saturated rings. The van der Waals surface area contributed by atoms with Crippen LogP contribution >= 0.6 is 0 Å². The SMILES string of the molecule is CC(O)[C@@H]1NC(=O)NCc2nc(no2)[C@H](CO)NC(=O)COCCOCCNC1=O. The maximum absolute atomic E-state index is 12.2. The first-order chi connectivity index (χ1) is 14.4. The van der Waals surface area contributed by atoms with Gasteiger partial charge in [-0.3, -0.25) is 9.59 Å². The van der Waals surface area contributed by atoms with Gasteiger partial charge >= 0.3 is 6.03 Å². The highest BCUT2D eigenvalue weighted by Gasteiger charge is 2.26. The van der Waals surface area contributed by atoms with Crippen LogP contribution < -0.4 is 21.3 Å². The zero-order chi connectivity index (χ0) is 21.9. The highest BCUT2D eigenvalue weighted by Crippen LogP contribution is 2.08. The van der Waals surface area contributed by atoms with Crippen LogP contribution in [0.1, 0.15) is 24.7 Å². The molecule has 1 aliphatic rings. The minimum atomic E-state index is -1.19. The molecule has 1 aromatic heterocycles. The second kappa shape index (κ2) is 12.0. The summed E-state index contributed by atoms with van der Waals surface area (Å²) < 4.78 is 15.4. The van der Waals surface area contributed by atoms with Gasteiger partial charge in [-0.05, 0) is 6.92 Å². The maximum Gasteiger partial charge on any atom is 0.315 e. The number of carbonyl (C=O) groups is 3. The van der Waals surface area contributed by atoms with E-state index in [1.54, 1.807) is 0 Å². The van der Waals surface area contributed by atoms with Gasteiger partial charge in [0.2, 0.25) is 17.7 Å². The number of aliphatic hydroxyl groups is 2. The Morgan fingerprint density at radius 1 is 1.13 bits per heavy atom. The Labute approximate surface area is 171 Å².